The largest absolute Gasteiger partial charge is 0.493 e. The van der Waals surface area contributed by atoms with E-state index in [0.29, 0.717) is 50.6 Å². The van der Waals surface area contributed by atoms with Crippen LogP contribution in [0.3, 0.4) is 0 Å². The highest BCUT2D eigenvalue weighted by Crippen LogP contribution is 2.34. The van der Waals surface area contributed by atoms with Gasteiger partial charge in [-0.05, 0) is 12.1 Å². The van der Waals surface area contributed by atoms with E-state index < -0.39 is 5.97 Å². The first kappa shape index (κ1) is 37.2. The minimum atomic E-state index is -1.09. The molecule has 1 amide bonds. The van der Waals surface area contributed by atoms with Gasteiger partial charge in [-0.3, -0.25) is 9.59 Å². The predicted molar refractivity (Wildman–Crippen MR) is 174 cm³/mol. The first-order valence-electron chi connectivity index (χ1n) is 13.1. The molecule has 47 heavy (non-hydrogen) atoms. The summed E-state index contributed by atoms with van der Waals surface area (Å²) in [5.74, 6) is 1.98. The maximum absolute atomic E-state index is 11.5. The number of hydrogen-bond acceptors (Lipinski definition) is 13. The van der Waals surface area contributed by atoms with E-state index in [0.717, 1.165) is 10.9 Å². The summed E-state index contributed by atoms with van der Waals surface area (Å²) in [5, 5.41) is 10.4. The molecule has 0 aliphatic rings. The zero-order valence-electron chi connectivity index (χ0n) is 26.2. The molecule has 0 bridgehead atoms. The fraction of sp³-hybridized carbons (Fsp3) is 0.200. The second-order valence-electron chi connectivity index (χ2n) is 8.58. The number of amides is 1. The van der Waals surface area contributed by atoms with Crippen LogP contribution >= 0.6 is 11.6 Å². The Bertz CT molecular complexity index is 1890. The summed E-state index contributed by atoms with van der Waals surface area (Å²) in [7, 11) is 9.09. The lowest BCUT2D eigenvalue weighted by atomic mass is 10.1. The third kappa shape index (κ3) is 9.48. The third-order valence-electron chi connectivity index (χ3n) is 6.02. The minimum Gasteiger partial charge on any atom is -0.493 e. The fourth-order valence-corrected chi connectivity index (χ4v) is 4.02. The van der Waals surface area contributed by atoms with E-state index in [1.807, 2.05) is 0 Å². The first-order valence-corrected chi connectivity index (χ1v) is 13.4. The van der Waals surface area contributed by atoms with Gasteiger partial charge in [0.1, 0.15) is 11.5 Å². The lowest BCUT2D eigenvalue weighted by Gasteiger charge is -2.09. The molecule has 6 N–H and O–H groups in total. The van der Waals surface area contributed by atoms with E-state index >= 15 is 0 Å². The van der Waals surface area contributed by atoms with Crippen molar-refractivity contribution in [2.24, 2.45) is 5.73 Å². The van der Waals surface area contributed by atoms with Crippen LogP contribution in [-0.2, 0) is 4.79 Å². The maximum Gasteiger partial charge on any atom is 0.337 e. The Morgan fingerprint density at radius 3 is 1.66 bits per heavy atom. The van der Waals surface area contributed by atoms with Gasteiger partial charge in [-0.2, -0.15) is 0 Å². The van der Waals surface area contributed by atoms with Gasteiger partial charge in [-0.25, -0.2) is 19.7 Å². The van der Waals surface area contributed by atoms with Crippen molar-refractivity contribution in [2.75, 3.05) is 48.4 Å². The highest BCUT2D eigenvalue weighted by molar-refractivity contribution is 6.34. The van der Waals surface area contributed by atoms with E-state index in [9.17, 15) is 9.59 Å². The van der Waals surface area contributed by atoms with Gasteiger partial charge in [0.15, 0.2) is 34.5 Å². The number of rotatable bonds is 7. The van der Waals surface area contributed by atoms with Gasteiger partial charge in [0.25, 0.3) is 5.56 Å². The van der Waals surface area contributed by atoms with E-state index in [4.69, 9.17) is 55.7 Å². The van der Waals surface area contributed by atoms with Crippen molar-refractivity contribution < 1.29 is 43.1 Å². The van der Waals surface area contributed by atoms with Crippen LogP contribution in [0.5, 0.6) is 34.5 Å². The number of primary amides is 1. The number of nitrogens with one attached hydrogen (secondary N) is 1. The van der Waals surface area contributed by atoms with Gasteiger partial charge in [0, 0.05) is 29.7 Å². The van der Waals surface area contributed by atoms with Gasteiger partial charge in [-0.15, -0.1) is 0 Å². The van der Waals surface area contributed by atoms with Crippen molar-refractivity contribution in [2.45, 2.75) is 0 Å². The summed E-state index contributed by atoms with van der Waals surface area (Å²) >= 11 is 5.93. The minimum absolute atomic E-state index is 0.00245. The zero-order valence-corrected chi connectivity index (χ0v) is 26.9. The number of nitrogen functional groups attached to an aromatic ring is 1. The Balaban J connectivity index is 0.000000235. The summed E-state index contributed by atoms with van der Waals surface area (Å²) in [6, 6.07) is 9.56. The number of aromatic carboxylic acids is 1. The normalized spacial score (nSPS) is 9.68. The molecule has 5 rings (SSSR count). The molecule has 0 aliphatic carbocycles. The molecule has 2 heterocycles. The fourth-order valence-electron chi connectivity index (χ4n) is 3.83. The van der Waals surface area contributed by atoms with Gasteiger partial charge >= 0.3 is 5.97 Å². The number of hydrogen-bond donors (Lipinski definition) is 4. The molecule has 17 heteroatoms. The molecule has 0 atom stereocenters. The SMILES string of the molecule is COc1cc(N)c(C(=O)O)cc1OC.COc1cc2nc[nH]c(=O)c2cc1OC.COc1cc2ncnc(Cl)c2cc1OC.NC=O. The number of anilines is 1. The Morgan fingerprint density at radius 1 is 0.745 bits per heavy atom. The number of aromatic amines is 1. The van der Waals surface area contributed by atoms with E-state index in [1.165, 1.54) is 53.2 Å². The molecule has 16 nitrogen and oxygen atoms in total. The summed E-state index contributed by atoms with van der Waals surface area (Å²) in [5.41, 5.74) is 10.9. The quantitative estimate of drug-likeness (QED) is 0.110. The lowest BCUT2D eigenvalue weighted by molar-refractivity contribution is -0.106. The number of benzene rings is 3. The Labute approximate surface area is 273 Å². The molecular formula is C30H33ClN6O10. The van der Waals surface area contributed by atoms with Crippen LogP contribution < -0.4 is 45.4 Å². The number of carboxylic acid groups (broad SMARTS) is 1. The van der Waals surface area contributed by atoms with E-state index in [2.05, 4.69) is 25.7 Å². The number of fused-ring (bicyclic) bond motifs is 2. The van der Waals surface area contributed by atoms with Crippen LogP contribution in [0.15, 0.2) is 53.8 Å². The van der Waals surface area contributed by atoms with Crippen molar-refractivity contribution in [3.63, 3.8) is 0 Å². The summed E-state index contributed by atoms with van der Waals surface area (Å²) in [6.07, 6.45) is 3.02. The van der Waals surface area contributed by atoms with E-state index in [1.54, 1.807) is 38.5 Å². The lowest BCUT2D eigenvalue weighted by Crippen LogP contribution is -2.06. The highest BCUT2D eigenvalue weighted by atomic mass is 35.5. The number of H-pyrrole nitrogens is 1. The Morgan fingerprint density at radius 2 is 1.17 bits per heavy atom. The van der Waals surface area contributed by atoms with E-state index in [-0.39, 0.29) is 23.2 Å². The molecule has 3 aromatic carbocycles. The van der Waals surface area contributed by atoms with Gasteiger partial charge in [0.05, 0.1) is 76.7 Å². The average Bonchev–Trinajstić information content (AvgIpc) is 3.08. The van der Waals surface area contributed by atoms with Crippen LogP contribution in [0.25, 0.3) is 21.8 Å². The van der Waals surface area contributed by atoms with Crippen molar-refractivity contribution in [1.82, 2.24) is 19.9 Å². The second-order valence-corrected chi connectivity index (χ2v) is 8.94. The second kappa shape index (κ2) is 18.1. The number of aromatic nitrogens is 4. The maximum atomic E-state index is 11.5. The zero-order chi connectivity index (χ0) is 35.1. The Kier molecular flexibility index (Phi) is 14.3. The van der Waals surface area contributed by atoms with Crippen LogP contribution in [0.1, 0.15) is 10.4 Å². The molecule has 0 saturated carbocycles. The van der Waals surface area contributed by atoms with Gasteiger partial charge in [-0.1, -0.05) is 11.6 Å². The van der Waals surface area contributed by atoms with Gasteiger partial charge in [0.2, 0.25) is 6.41 Å². The number of halogens is 1. The molecule has 250 valence electrons. The molecule has 2 aromatic heterocycles. The first-order chi connectivity index (χ1) is 22.5. The monoisotopic (exact) mass is 672 g/mol. The molecule has 0 spiro atoms. The number of nitrogens with zero attached hydrogens (tertiary/aromatic N) is 3. The number of ether oxygens (including phenoxy) is 6. The number of carboxylic acids is 1. The average molecular weight is 673 g/mol. The van der Waals surface area contributed by atoms with Crippen LogP contribution in [0.4, 0.5) is 5.69 Å². The number of nitrogens with two attached hydrogens (primary N) is 2. The molecule has 0 radical (unpaired) electrons. The predicted octanol–water partition coefficient (Wildman–Crippen LogP) is 3.33. The highest BCUT2D eigenvalue weighted by Gasteiger charge is 2.14. The van der Waals surface area contributed by atoms with Crippen LogP contribution in [-0.4, -0.2) is 80.1 Å². The molecule has 0 aliphatic heterocycles. The van der Waals surface area contributed by atoms with Gasteiger partial charge < -0.3 is 50.0 Å². The third-order valence-corrected chi connectivity index (χ3v) is 6.33. The standard InChI is InChI=1S/C10H9ClN2O2.C10H10N2O3.C9H11NO4.CH3NO/c1-14-8-3-6-7(4-9(8)15-2)12-5-13-10(6)11;1-14-8-3-6-7(4-9(8)15-2)11-5-12-10(6)13;1-13-7-3-5(9(11)12)6(10)4-8(7)14-2;2-1-3/h3-5H,1-2H3;3-5H,1-2H3,(H,11,12,13);3-4H,10H2,1-2H3,(H,11,12);1H,(H2,2,3). The summed E-state index contributed by atoms with van der Waals surface area (Å²) < 4.78 is 30.4. The number of methoxy groups -OCH3 is 6. The molecule has 0 unspecified atom stereocenters. The van der Waals surface area contributed by atoms with Crippen LogP contribution in [0.2, 0.25) is 5.15 Å². The van der Waals surface area contributed by atoms with Crippen molar-refractivity contribution >= 4 is 51.5 Å². The van der Waals surface area contributed by atoms with Crippen LogP contribution in [0, 0.1) is 0 Å². The summed E-state index contributed by atoms with van der Waals surface area (Å²) in [6.45, 7) is 0. The summed E-state index contributed by atoms with van der Waals surface area (Å²) in [4.78, 5) is 45.3. The molecular weight excluding hydrogens is 640 g/mol. The Hall–Kier alpha value is -6.03. The van der Waals surface area contributed by atoms with Crippen molar-refractivity contribution in [3.05, 3.63) is 70.1 Å². The van der Waals surface area contributed by atoms with Crippen molar-refractivity contribution in [3.8, 4) is 34.5 Å². The molecule has 0 fully saturated rings. The topological polar surface area (TPSA) is 233 Å². The number of carbonyl (C=O) groups excluding carboxylic acids is 1. The van der Waals surface area contributed by atoms with Crippen molar-refractivity contribution in [1.29, 1.82) is 0 Å². The number of carbonyl (C=O) groups is 2. The molecule has 5 aromatic rings. The smallest absolute Gasteiger partial charge is 0.337 e. The molecule has 0 saturated heterocycles.